The third-order valence-corrected chi connectivity index (χ3v) is 2.02. The van der Waals surface area contributed by atoms with Gasteiger partial charge < -0.3 is 10.3 Å². The van der Waals surface area contributed by atoms with Gasteiger partial charge in [0, 0.05) is 24.5 Å². The van der Waals surface area contributed by atoms with Crippen molar-refractivity contribution in [2.45, 2.75) is 25.4 Å². The molecule has 2 rings (SSSR count). The molecule has 2 N–H and O–H groups in total. The molecule has 1 heterocycles. The number of nitrogens with two attached hydrogens (primary N) is 1. The van der Waals surface area contributed by atoms with Crippen LogP contribution in [0.3, 0.4) is 0 Å². The molecule has 0 bridgehead atoms. The minimum atomic E-state index is 0.670. The first-order chi connectivity index (χ1) is 4.92. The molecule has 1 saturated carbocycles. The maximum Gasteiger partial charge on any atom is 0.0335 e. The van der Waals surface area contributed by atoms with Gasteiger partial charge in [0.05, 0.1) is 0 Å². The quantitative estimate of drug-likeness (QED) is 0.652. The molecule has 1 aromatic rings. The molecular formula is C8H12N2. The Bertz CT molecular complexity index is 223. The van der Waals surface area contributed by atoms with Crippen LogP contribution >= 0.6 is 0 Å². The fourth-order valence-electron chi connectivity index (χ4n) is 1.31. The van der Waals surface area contributed by atoms with Crippen molar-refractivity contribution in [2.75, 3.05) is 0 Å². The molecule has 1 fully saturated rings. The van der Waals surface area contributed by atoms with Crippen LogP contribution in [0.2, 0.25) is 0 Å². The van der Waals surface area contributed by atoms with Gasteiger partial charge in [-0.05, 0) is 25.0 Å². The van der Waals surface area contributed by atoms with Gasteiger partial charge in [-0.15, -0.1) is 0 Å². The highest BCUT2D eigenvalue weighted by molar-refractivity contribution is 5.10. The highest BCUT2D eigenvalue weighted by atomic mass is 15.0. The van der Waals surface area contributed by atoms with E-state index < -0.39 is 0 Å². The van der Waals surface area contributed by atoms with Gasteiger partial charge in [0.25, 0.3) is 0 Å². The molecule has 0 spiro atoms. The highest BCUT2D eigenvalue weighted by Gasteiger charge is 2.23. The van der Waals surface area contributed by atoms with E-state index in [9.17, 15) is 0 Å². The Balaban J connectivity index is 2.28. The fourth-order valence-corrected chi connectivity index (χ4v) is 1.31. The van der Waals surface area contributed by atoms with E-state index in [1.807, 2.05) is 0 Å². The molecule has 0 unspecified atom stereocenters. The molecule has 0 aromatic carbocycles. The lowest BCUT2D eigenvalue weighted by Crippen LogP contribution is -2.04. The zero-order valence-corrected chi connectivity index (χ0v) is 5.96. The summed E-state index contributed by atoms with van der Waals surface area (Å²) in [6.07, 6.45) is 4.79. The van der Waals surface area contributed by atoms with Crippen LogP contribution in [0.1, 0.15) is 24.6 Å². The Morgan fingerprint density at radius 2 is 2.40 bits per heavy atom. The summed E-state index contributed by atoms with van der Waals surface area (Å²) in [4.78, 5) is 0. The second-order valence-electron chi connectivity index (χ2n) is 2.84. The van der Waals surface area contributed by atoms with Gasteiger partial charge in [-0.1, -0.05) is 0 Å². The summed E-state index contributed by atoms with van der Waals surface area (Å²) in [5.41, 5.74) is 6.81. The standard InChI is InChI=1S/C8H12N2/c9-6-8-2-1-5-10(8)7-3-4-7/h1-2,5,7H,3-4,6,9H2. The zero-order valence-electron chi connectivity index (χ0n) is 5.96. The van der Waals surface area contributed by atoms with Crippen molar-refractivity contribution >= 4 is 0 Å². The summed E-state index contributed by atoms with van der Waals surface area (Å²) >= 11 is 0. The van der Waals surface area contributed by atoms with E-state index in [0.29, 0.717) is 6.54 Å². The molecule has 0 amide bonds. The summed E-state index contributed by atoms with van der Waals surface area (Å²) in [6, 6.07) is 4.94. The molecule has 1 aliphatic carbocycles. The van der Waals surface area contributed by atoms with Crippen molar-refractivity contribution in [1.82, 2.24) is 4.57 Å². The molecule has 1 aromatic heterocycles. The van der Waals surface area contributed by atoms with Crippen molar-refractivity contribution in [2.24, 2.45) is 5.73 Å². The molecule has 10 heavy (non-hydrogen) atoms. The minimum absolute atomic E-state index is 0.670. The normalized spacial score (nSPS) is 17.7. The summed E-state index contributed by atoms with van der Waals surface area (Å²) in [5, 5.41) is 0. The lowest BCUT2D eigenvalue weighted by molar-refractivity contribution is 0.698. The molecule has 1 aliphatic rings. The minimum Gasteiger partial charge on any atom is -0.347 e. The molecular weight excluding hydrogens is 124 g/mol. The van der Waals surface area contributed by atoms with Crippen LogP contribution in [-0.4, -0.2) is 4.57 Å². The second kappa shape index (κ2) is 2.13. The molecule has 54 valence electrons. The number of rotatable bonds is 2. The van der Waals surface area contributed by atoms with Gasteiger partial charge in [-0.2, -0.15) is 0 Å². The van der Waals surface area contributed by atoms with Crippen molar-refractivity contribution in [3.63, 3.8) is 0 Å². The van der Waals surface area contributed by atoms with Crippen molar-refractivity contribution in [3.05, 3.63) is 24.0 Å². The summed E-state index contributed by atoms with van der Waals surface area (Å²) in [6.45, 7) is 0.670. The number of aromatic nitrogens is 1. The highest BCUT2D eigenvalue weighted by Crippen LogP contribution is 2.35. The number of nitrogens with zero attached hydrogens (tertiary/aromatic N) is 1. The van der Waals surface area contributed by atoms with E-state index in [2.05, 4.69) is 22.9 Å². The van der Waals surface area contributed by atoms with E-state index in [1.165, 1.54) is 18.5 Å². The Morgan fingerprint density at radius 3 is 3.00 bits per heavy atom. The number of hydrogen-bond donors (Lipinski definition) is 1. The largest absolute Gasteiger partial charge is 0.347 e. The number of hydrogen-bond acceptors (Lipinski definition) is 1. The molecule has 0 atom stereocenters. The fraction of sp³-hybridized carbons (Fsp3) is 0.500. The van der Waals surface area contributed by atoms with Crippen LogP contribution in [0.25, 0.3) is 0 Å². The molecule has 0 radical (unpaired) electrons. The Morgan fingerprint density at radius 1 is 1.60 bits per heavy atom. The van der Waals surface area contributed by atoms with Crippen LogP contribution in [0, 0.1) is 0 Å². The van der Waals surface area contributed by atoms with E-state index in [0.717, 1.165) is 6.04 Å². The smallest absolute Gasteiger partial charge is 0.0335 e. The van der Waals surface area contributed by atoms with E-state index in [4.69, 9.17) is 5.73 Å². The third kappa shape index (κ3) is 0.847. The van der Waals surface area contributed by atoms with Crippen LogP contribution in [0.5, 0.6) is 0 Å². The Labute approximate surface area is 60.6 Å². The van der Waals surface area contributed by atoms with E-state index in [1.54, 1.807) is 0 Å². The third-order valence-electron chi connectivity index (χ3n) is 2.02. The van der Waals surface area contributed by atoms with Gasteiger partial charge in [0.2, 0.25) is 0 Å². The van der Waals surface area contributed by atoms with E-state index >= 15 is 0 Å². The van der Waals surface area contributed by atoms with Gasteiger partial charge in [-0.25, -0.2) is 0 Å². The van der Waals surface area contributed by atoms with Crippen LogP contribution < -0.4 is 5.73 Å². The van der Waals surface area contributed by atoms with Crippen molar-refractivity contribution in [1.29, 1.82) is 0 Å². The lowest BCUT2D eigenvalue weighted by atomic mass is 10.4. The zero-order chi connectivity index (χ0) is 6.97. The predicted octanol–water partition coefficient (Wildman–Crippen LogP) is 1.28. The van der Waals surface area contributed by atoms with Crippen LogP contribution in [0.4, 0.5) is 0 Å². The molecule has 0 saturated heterocycles. The monoisotopic (exact) mass is 136 g/mol. The Hall–Kier alpha value is -0.760. The first-order valence-electron chi connectivity index (χ1n) is 3.77. The summed E-state index contributed by atoms with van der Waals surface area (Å²) in [7, 11) is 0. The topological polar surface area (TPSA) is 30.9 Å². The average molecular weight is 136 g/mol. The first-order valence-corrected chi connectivity index (χ1v) is 3.77. The van der Waals surface area contributed by atoms with Gasteiger partial charge in [-0.3, -0.25) is 0 Å². The average Bonchev–Trinajstić information content (AvgIpc) is 2.69. The summed E-state index contributed by atoms with van der Waals surface area (Å²) in [5.74, 6) is 0. The van der Waals surface area contributed by atoms with Gasteiger partial charge in [0.15, 0.2) is 0 Å². The maximum absolute atomic E-state index is 5.54. The molecule has 2 heteroatoms. The van der Waals surface area contributed by atoms with Crippen molar-refractivity contribution < 1.29 is 0 Å². The van der Waals surface area contributed by atoms with Crippen LogP contribution in [-0.2, 0) is 6.54 Å². The molecule has 0 aliphatic heterocycles. The molecule has 2 nitrogen and oxygen atoms in total. The maximum atomic E-state index is 5.54. The van der Waals surface area contributed by atoms with Crippen LogP contribution in [0.15, 0.2) is 18.3 Å². The predicted molar refractivity (Wildman–Crippen MR) is 40.6 cm³/mol. The van der Waals surface area contributed by atoms with Gasteiger partial charge >= 0.3 is 0 Å². The van der Waals surface area contributed by atoms with E-state index in [-0.39, 0.29) is 0 Å². The Kier molecular flexibility index (Phi) is 1.27. The van der Waals surface area contributed by atoms with Gasteiger partial charge in [0.1, 0.15) is 0 Å². The SMILES string of the molecule is NCc1cccn1C1CC1. The first kappa shape index (κ1) is 5.98. The van der Waals surface area contributed by atoms with Crippen molar-refractivity contribution in [3.8, 4) is 0 Å². The summed E-state index contributed by atoms with van der Waals surface area (Å²) < 4.78 is 2.29. The lowest BCUT2D eigenvalue weighted by Gasteiger charge is -2.03. The second-order valence-corrected chi connectivity index (χ2v) is 2.84.